The molecule has 2 fully saturated rings. The summed E-state index contributed by atoms with van der Waals surface area (Å²) in [7, 11) is 1.86. The predicted molar refractivity (Wildman–Crippen MR) is 174 cm³/mol. The van der Waals surface area contributed by atoms with Gasteiger partial charge in [0.05, 0.1) is 18.3 Å². The van der Waals surface area contributed by atoms with Crippen LogP contribution in [-0.4, -0.2) is 78.3 Å². The molecule has 2 bridgehead atoms. The van der Waals surface area contributed by atoms with E-state index in [2.05, 4.69) is 49.3 Å². The van der Waals surface area contributed by atoms with Crippen LogP contribution in [0.4, 0.5) is 0 Å². The van der Waals surface area contributed by atoms with E-state index in [1.165, 1.54) is 5.57 Å². The lowest BCUT2D eigenvalue weighted by molar-refractivity contribution is -0.194. The third kappa shape index (κ3) is 7.58. The third-order valence-electron chi connectivity index (χ3n) is 10.3. The first-order valence-corrected chi connectivity index (χ1v) is 16.2. The molecule has 240 valence electrons. The summed E-state index contributed by atoms with van der Waals surface area (Å²) in [4.78, 5) is 12.1. The smallest absolute Gasteiger partial charge is 0.145 e. The fourth-order valence-corrected chi connectivity index (χ4v) is 8.20. The van der Waals surface area contributed by atoms with Crippen molar-refractivity contribution >= 4 is 6.29 Å². The van der Waals surface area contributed by atoms with Gasteiger partial charge in [0, 0.05) is 30.4 Å². The molecule has 0 aliphatic heterocycles. The molecule has 7 nitrogen and oxygen atoms in total. The highest BCUT2D eigenvalue weighted by molar-refractivity contribution is 5.74. The van der Waals surface area contributed by atoms with Crippen LogP contribution in [-0.2, 0) is 4.79 Å². The minimum atomic E-state index is -1.19. The number of likely N-dealkylation sites (N-methyl/N-ethyl adjacent to an activating group) is 1. The van der Waals surface area contributed by atoms with Crippen molar-refractivity contribution in [2.75, 3.05) is 39.9 Å². The second-order valence-corrected chi connectivity index (χ2v) is 12.9. The fraction of sp³-hybridized carbons (Fsp3) is 0.639. The number of allylic oxidation sites excluding steroid dienone is 9. The van der Waals surface area contributed by atoms with Crippen LogP contribution in [0.5, 0.6) is 0 Å². The summed E-state index contributed by atoms with van der Waals surface area (Å²) in [5, 5.41) is 51.8. The van der Waals surface area contributed by atoms with Gasteiger partial charge in [-0.2, -0.15) is 0 Å². The Morgan fingerprint density at radius 2 is 2.00 bits per heavy atom. The number of fused-ring (bicyclic) bond motifs is 3. The molecule has 0 amide bonds. The van der Waals surface area contributed by atoms with Crippen LogP contribution < -0.4 is 10.6 Å². The molecule has 7 heteroatoms. The Morgan fingerprint density at radius 3 is 2.65 bits per heavy atom. The van der Waals surface area contributed by atoms with Crippen LogP contribution in [0.1, 0.15) is 65.7 Å². The molecule has 3 rings (SSSR count). The maximum absolute atomic E-state index is 12.6. The molecule has 7 unspecified atom stereocenters. The van der Waals surface area contributed by atoms with Crippen molar-refractivity contribution in [3.05, 3.63) is 70.9 Å². The summed E-state index contributed by atoms with van der Waals surface area (Å²) in [5.41, 5.74) is 2.57. The van der Waals surface area contributed by atoms with Crippen LogP contribution in [0.25, 0.3) is 0 Å². The number of hydrogen-bond donors (Lipinski definition) is 6. The van der Waals surface area contributed by atoms with E-state index in [0.717, 1.165) is 48.9 Å². The number of nitrogens with one attached hydrogen (secondary N) is 2. The summed E-state index contributed by atoms with van der Waals surface area (Å²) in [6.45, 7) is 12.4. The van der Waals surface area contributed by atoms with Gasteiger partial charge < -0.3 is 31.1 Å². The third-order valence-corrected chi connectivity index (χ3v) is 10.3. The minimum Gasteiger partial charge on any atom is -0.396 e. The lowest BCUT2D eigenvalue weighted by atomic mass is 9.45. The van der Waals surface area contributed by atoms with E-state index in [1.807, 2.05) is 32.2 Å². The van der Waals surface area contributed by atoms with Crippen molar-refractivity contribution < 1.29 is 25.2 Å². The Kier molecular flexibility index (Phi) is 13.4. The van der Waals surface area contributed by atoms with Gasteiger partial charge in [-0.05, 0) is 102 Å². The number of hydrogen-bond acceptors (Lipinski definition) is 7. The zero-order valence-corrected chi connectivity index (χ0v) is 26.8. The van der Waals surface area contributed by atoms with Crippen LogP contribution in [0, 0.1) is 29.1 Å². The maximum Gasteiger partial charge on any atom is 0.145 e. The molecule has 0 aromatic carbocycles. The van der Waals surface area contributed by atoms with Crippen molar-refractivity contribution in [1.29, 1.82) is 0 Å². The monoisotopic (exact) mass is 596 g/mol. The molecule has 3 aliphatic rings. The van der Waals surface area contributed by atoms with Gasteiger partial charge in [-0.15, -0.1) is 0 Å². The summed E-state index contributed by atoms with van der Waals surface area (Å²) < 4.78 is 0. The molecule has 0 radical (unpaired) electrons. The number of carbonyl (C=O) groups is 1. The molecule has 0 aromatic heterocycles. The second-order valence-electron chi connectivity index (χ2n) is 12.9. The first-order chi connectivity index (χ1) is 20.6. The SMILES string of the molecule is C=C(C=CC=C(CO)C1CCC2(C1O)C1C(=C(C)C=O)C(C=CC1CCO)CC2(O)CCNC)CCC=C(C)CNCC. The van der Waals surface area contributed by atoms with E-state index in [1.54, 1.807) is 0 Å². The minimum absolute atomic E-state index is 0.0183. The number of aliphatic hydroxyl groups excluding tert-OH is 3. The number of aliphatic hydroxyl groups is 4. The summed E-state index contributed by atoms with van der Waals surface area (Å²) >= 11 is 0. The Bertz CT molecular complexity index is 1120. The summed E-state index contributed by atoms with van der Waals surface area (Å²) in [6, 6.07) is 0. The van der Waals surface area contributed by atoms with Gasteiger partial charge >= 0.3 is 0 Å². The summed E-state index contributed by atoms with van der Waals surface area (Å²) in [5.74, 6) is -0.821. The van der Waals surface area contributed by atoms with E-state index in [4.69, 9.17) is 0 Å². The van der Waals surface area contributed by atoms with E-state index in [9.17, 15) is 25.2 Å². The zero-order valence-electron chi connectivity index (χ0n) is 26.8. The highest BCUT2D eigenvalue weighted by atomic mass is 16.3. The Balaban J connectivity index is 1.93. The predicted octanol–water partition coefficient (Wildman–Crippen LogP) is 4.17. The van der Waals surface area contributed by atoms with Gasteiger partial charge in [0.25, 0.3) is 0 Å². The lowest BCUT2D eigenvalue weighted by Gasteiger charge is -2.61. The average molecular weight is 597 g/mol. The van der Waals surface area contributed by atoms with E-state index < -0.39 is 17.1 Å². The molecule has 6 N–H and O–H groups in total. The van der Waals surface area contributed by atoms with Crippen molar-refractivity contribution in [3.63, 3.8) is 0 Å². The van der Waals surface area contributed by atoms with Gasteiger partial charge in [0.15, 0.2) is 0 Å². The normalized spacial score (nSPS) is 33.9. The van der Waals surface area contributed by atoms with Gasteiger partial charge in [-0.1, -0.05) is 66.7 Å². The quantitative estimate of drug-likeness (QED) is 0.0685. The van der Waals surface area contributed by atoms with Crippen LogP contribution >= 0.6 is 0 Å². The first kappa shape index (κ1) is 35.4. The highest BCUT2D eigenvalue weighted by Crippen LogP contribution is 2.67. The van der Waals surface area contributed by atoms with Gasteiger partial charge in [-0.25, -0.2) is 0 Å². The molecule has 43 heavy (non-hydrogen) atoms. The van der Waals surface area contributed by atoms with E-state index in [0.29, 0.717) is 44.2 Å². The molecular formula is C36H56N2O5. The zero-order chi connectivity index (χ0) is 31.6. The molecular weight excluding hydrogens is 540 g/mol. The first-order valence-electron chi connectivity index (χ1n) is 16.2. The van der Waals surface area contributed by atoms with E-state index in [-0.39, 0.29) is 36.9 Å². The fourth-order valence-electron chi connectivity index (χ4n) is 8.20. The van der Waals surface area contributed by atoms with Crippen LogP contribution in [0.3, 0.4) is 0 Å². The van der Waals surface area contributed by atoms with Crippen molar-refractivity contribution in [2.24, 2.45) is 29.1 Å². The Morgan fingerprint density at radius 1 is 1.23 bits per heavy atom. The Hall–Kier alpha value is -2.13. The molecule has 0 saturated heterocycles. The van der Waals surface area contributed by atoms with Gasteiger partial charge in [0.2, 0.25) is 0 Å². The van der Waals surface area contributed by atoms with Crippen LogP contribution in [0.2, 0.25) is 0 Å². The standard InChI is InChI=1S/C36H56N2O5/c1-6-38-22-26(3)11-7-9-25(2)10-8-12-30(24-41)31-15-17-36(34(31)42)33-28(16-20-39)13-14-29(32(33)27(4)23-40)21-35(36,43)18-19-37-5/h8,10-14,23,28-29,31,33-34,37-39,41-43H,2,6-7,9,15-22,24H2,1,3-5H3. The van der Waals surface area contributed by atoms with Gasteiger partial charge in [0.1, 0.15) is 6.29 Å². The number of aldehydes is 1. The molecule has 0 heterocycles. The average Bonchev–Trinajstić information content (AvgIpc) is 3.34. The van der Waals surface area contributed by atoms with Crippen LogP contribution in [0.15, 0.2) is 70.9 Å². The summed E-state index contributed by atoms with van der Waals surface area (Å²) in [6.07, 6.45) is 16.5. The van der Waals surface area contributed by atoms with Crippen molar-refractivity contribution in [2.45, 2.75) is 77.4 Å². The lowest BCUT2D eigenvalue weighted by Crippen LogP contribution is -2.65. The molecule has 0 aromatic rings. The molecule has 7 atom stereocenters. The maximum atomic E-state index is 12.6. The molecule has 1 spiro atoms. The topological polar surface area (TPSA) is 122 Å². The van der Waals surface area contributed by atoms with Gasteiger partial charge in [-0.3, -0.25) is 4.79 Å². The largest absolute Gasteiger partial charge is 0.396 e. The van der Waals surface area contributed by atoms with Crippen molar-refractivity contribution in [3.8, 4) is 0 Å². The number of rotatable bonds is 16. The molecule has 2 saturated carbocycles. The van der Waals surface area contributed by atoms with E-state index >= 15 is 0 Å². The number of carbonyl (C=O) groups excluding carboxylic acids is 1. The second kappa shape index (κ2) is 16.3. The Labute approximate surface area is 259 Å². The molecule has 3 aliphatic carbocycles. The highest BCUT2D eigenvalue weighted by Gasteiger charge is 2.68. The van der Waals surface area contributed by atoms with Crippen molar-refractivity contribution in [1.82, 2.24) is 10.6 Å².